The highest BCUT2D eigenvalue weighted by Gasteiger charge is 2.21. The third-order valence-corrected chi connectivity index (χ3v) is 3.43. The molecule has 0 aliphatic carbocycles. The van der Waals surface area contributed by atoms with Gasteiger partial charge in [-0.15, -0.1) is 0 Å². The maximum absolute atomic E-state index is 12.2. The number of hydrogen-bond acceptors (Lipinski definition) is 4. The van der Waals surface area contributed by atoms with Crippen molar-refractivity contribution in [2.24, 2.45) is 0 Å². The Balaban J connectivity index is 1.89. The minimum Gasteiger partial charge on any atom is -0.397 e. The lowest BCUT2D eigenvalue weighted by atomic mass is 10.1. The standard InChI is InChI=1S/C14H11ClN4O2/c15-8-6-10-7(5-12(20)18-10)4-11(8)19-14(21)13-9(16)2-1-3-17-13/h1-4,6H,5,16H2,(H,18,20)(H,19,21). The molecule has 4 N–H and O–H groups in total. The smallest absolute Gasteiger partial charge is 0.276 e. The number of nitrogen functional groups attached to an aromatic ring is 1. The number of halogens is 1. The summed E-state index contributed by atoms with van der Waals surface area (Å²) in [6.45, 7) is 0. The number of fused-ring (bicyclic) bond motifs is 1. The fraction of sp³-hybridized carbons (Fsp3) is 0.0714. The molecule has 2 heterocycles. The lowest BCUT2D eigenvalue weighted by Gasteiger charge is -2.10. The van der Waals surface area contributed by atoms with Gasteiger partial charge in [-0.05, 0) is 29.8 Å². The van der Waals surface area contributed by atoms with Gasteiger partial charge in [0.2, 0.25) is 5.91 Å². The molecular formula is C14H11ClN4O2. The lowest BCUT2D eigenvalue weighted by molar-refractivity contribution is -0.115. The van der Waals surface area contributed by atoms with Crippen molar-refractivity contribution in [3.05, 3.63) is 46.7 Å². The molecule has 2 amide bonds. The van der Waals surface area contributed by atoms with E-state index >= 15 is 0 Å². The quantitative estimate of drug-likeness (QED) is 0.791. The van der Waals surface area contributed by atoms with Crippen LogP contribution in [0.5, 0.6) is 0 Å². The number of nitrogens with zero attached hydrogens (tertiary/aromatic N) is 1. The summed E-state index contributed by atoms with van der Waals surface area (Å²) in [6, 6.07) is 6.52. The molecule has 0 unspecified atom stereocenters. The molecule has 0 atom stereocenters. The Kier molecular flexibility index (Phi) is 3.23. The predicted molar refractivity (Wildman–Crippen MR) is 80.4 cm³/mol. The van der Waals surface area contributed by atoms with Crippen LogP contribution in [0.3, 0.4) is 0 Å². The van der Waals surface area contributed by atoms with Gasteiger partial charge in [-0.1, -0.05) is 11.6 Å². The van der Waals surface area contributed by atoms with Crippen LogP contribution < -0.4 is 16.4 Å². The molecule has 0 fully saturated rings. The fourth-order valence-corrected chi connectivity index (χ4v) is 2.34. The van der Waals surface area contributed by atoms with Crippen LogP contribution in [-0.4, -0.2) is 16.8 Å². The maximum Gasteiger partial charge on any atom is 0.276 e. The number of benzene rings is 1. The van der Waals surface area contributed by atoms with Gasteiger partial charge in [0.1, 0.15) is 0 Å². The molecule has 0 saturated carbocycles. The van der Waals surface area contributed by atoms with Crippen molar-refractivity contribution < 1.29 is 9.59 Å². The predicted octanol–water partition coefficient (Wildman–Crippen LogP) is 2.06. The van der Waals surface area contributed by atoms with Crippen molar-refractivity contribution in [1.82, 2.24) is 4.98 Å². The number of carbonyl (C=O) groups is 2. The number of anilines is 3. The van der Waals surface area contributed by atoms with Crippen LogP contribution in [0.4, 0.5) is 17.1 Å². The Labute approximate surface area is 125 Å². The number of nitrogens with one attached hydrogen (secondary N) is 2. The number of amides is 2. The zero-order valence-electron chi connectivity index (χ0n) is 10.8. The van der Waals surface area contributed by atoms with Crippen LogP contribution in [0.2, 0.25) is 5.02 Å². The van der Waals surface area contributed by atoms with Crippen LogP contribution in [0.25, 0.3) is 0 Å². The summed E-state index contributed by atoms with van der Waals surface area (Å²) in [5, 5.41) is 5.68. The average molecular weight is 303 g/mol. The van der Waals surface area contributed by atoms with Gasteiger partial charge in [-0.3, -0.25) is 9.59 Å². The number of rotatable bonds is 2. The van der Waals surface area contributed by atoms with Crippen molar-refractivity contribution >= 4 is 40.5 Å². The van der Waals surface area contributed by atoms with Gasteiger partial charge < -0.3 is 16.4 Å². The zero-order valence-corrected chi connectivity index (χ0v) is 11.6. The summed E-state index contributed by atoms with van der Waals surface area (Å²) in [6.07, 6.45) is 1.75. The van der Waals surface area contributed by atoms with Crippen molar-refractivity contribution in [1.29, 1.82) is 0 Å². The topological polar surface area (TPSA) is 97.1 Å². The van der Waals surface area contributed by atoms with Crippen LogP contribution in [0, 0.1) is 0 Å². The highest BCUT2D eigenvalue weighted by atomic mass is 35.5. The second-order valence-electron chi connectivity index (χ2n) is 4.61. The third kappa shape index (κ3) is 2.53. The molecule has 0 radical (unpaired) electrons. The Morgan fingerprint density at radius 3 is 3.00 bits per heavy atom. The van der Waals surface area contributed by atoms with E-state index in [9.17, 15) is 9.59 Å². The normalized spacial score (nSPS) is 12.7. The number of pyridine rings is 1. The van der Waals surface area contributed by atoms with Gasteiger partial charge in [0.15, 0.2) is 5.69 Å². The van der Waals surface area contributed by atoms with E-state index in [2.05, 4.69) is 15.6 Å². The first-order valence-corrected chi connectivity index (χ1v) is 6.56. The first-order valence-electron chi connectivity index (χ1n) is 6.18. The summed E-state index contributed by atoms with van der Waals surface area (Å²) >= 11 is 6.11. The average Bonchev–Trinajstić information content (AvgIpc) is 2.78. The minimum absolute atomic E-state index is 0.0986. The summed E-state index contributed by atoms with van der Waals surface area (Å²) in [7, 11) is 0. The van der Waals surface area contributed by atoms with Gasteiger partial charge in [0.25, 0.3) is 5.91 Å². The fourth-order valence-electron chi connectivity index (χ4n) is 2.13. The van der Waals surface area contributed by atoms with Crippen molar-refractivity contribution in [3.63, 3.8) is 0 Å². The van der Waals surface area contributed by atoms with Gasteiger partial charge in [0, 0.05) is 11.9 Å². The Morgan fingerprint density at radius 1 is 1.43 bits per heavy atom. The third-order valence-electron chi connectivity index (χ3n) is 3.12. The molecule has 0 spiro atoms. The van der Waals surface area contributed by atoms with Crippen LogP contribution in [0.1, 0.15) is 16.1 Å². The van der Waals surface area contributed by atoms with Gasteiger partial charge in [0.05, 0.1) is 22.8 Å². The summed E-state index contributed by atoms with van der Waals surface area (Å²) < 4.78 is 0. The highest BCUT2D eigenvalue weighted by molar-refractivity contribution is 6.34. The molecule has 1 aliphatic heterocycles. The minimum atomic E-state index is -0.452. The summed E-state index contributed by atoms with van der Waals surface area (Å²) in [5.74, 6) is -0.550. The molecule has 2 aromatic rings. The molecule has 1 aromatic heterocycles. The van der Waals surface area contributed by atoms with E-state index in [1.807, 2.05) is 0 Å². The molecule has 1 aliphatic rings. The number of carbonyl (C=O) groups excluding carboxylic acids is 2. The van der Waals surface area contributed by atoms with E-state index in [0.29, 0.717) is 16.4 Å². The molecule has 3 rings (SSSR count). The number of nitrogens with two attached hydrogens (primary N) is 1. The molecule has 1 aromatic carbocycles. The Morgan fingerprint density at radius 2 is 2.24 bits per heavy atom. The zero-order chi connectivity index (χ0) is 15.0. The van der Waals surface area contributed by atoms with Crippen molar-refractivity contribution in [2.45, 2.75) is 6.42 Å². The summed E-state index contributed by atoms with van der Waals surface area (Å²) in [5.41, 5.74) is 7.99. The van der Waals surface area contributed by atoms with Crippen molar-refractivity contribution in [3.8, 4) is 0 Å². The molecule has 6 nitrogen and oxygen atoms in total. The molecule has 0 saturated heterocycles. The second-order valence-corrected chi connectivity index (χ2v) is 5.02. The van der Waals surface area contributed by atoms with Crippen LogP contribution >= 0.6 is 11.6 Å². The van der Waals surface area contributed by atoms with Gasteiger partial charge in [-0.2, -0.15) is 0 Å². The van der Waals surface area contributed by atoms with Crippen LogP contribution in [-0.2, 0) is 11.2 Å². The van der Waals surface area contributed by atoms with Gasteiger partial charge in [-0.25, -0.2) is 4.98 Å². The Bertz CT molecular complexity index is 761. The van der Waals surface area contributed by atoms with Crippen LogP contribution in [0.15, 0.2) is 30.5 Å². The van der Waals surface area contributed by atoms with E-state index in [1.54, 1.807) is 24.3 Å². The first-order chi connectivity index (χ1) is 10.0. The SMILES string of the molecule is Nc1cccnc1C(=O)Nc1cc2c(cc1Cl)NC(=O)C2. The highest BCUT2D eigenvalue weighted by Crippen LogP contribution is 2.33. The van der Waals surface area contributed by atoms with Crippen molar-refractivity contribution in [2.75, 3.05) is 16.4 Å². The van der Waals surface area contributed by atoms with E-state index in [-0.39, 0.29) is 23.7 Å². The monoisotopic (exact) mass is 302 g/mol. The number of aromatic nitrogens is 1. The molecule has 106 valence electrons. The van der Waals surface area contributed by atoms with E-state index in [0.717, 1.165) is 5.56 Å². The molecule has 21 heavy (non-hydrogen) atoms. The maximum atomic E-state index is 12.2. The lowest BCUT2D eigenvalue weighted by Crippen LogP contribution is -2.16. The largest absolute Gasteiger partial charge is 0.397 e. The first kappa shape index (κ1) is 13.4. The Hall–Kier alpha value is -2.60. The van der Waals surface area contributed by atoms with E-state index in [1.165, 1.54) is 6.20 Å². The van der Waals surface area contributed by atoms with E-state index in [4.69, 9.17) is 17.3 Å². The molecule has 7 heteroatoms. The van der Waals surface area contributed by atoms with E-state index < -0.39 is 5.91 Å². The molecule has 0 bridgehead atoms. The number of hydrogen-bond donors (Lipinski definition) is 3. The summed E-state index contributed by atoms with van der Waals surface area (Å²) in [4.78, 5) is 27.4. The molecular weight excluding hydrogens is 292 g/mol. The van der Waals surface area contributed by atoms with Gasteiger partial charge >= 0.3 is 0 Å². The second kappa shape index (κ2) is 5.06.